The molecule has 0 aliphatic rings. The van der Waals surface area contributed by atoms with Crippen LogP contribution in [0, 0.1) is 6.92 Å². The summed E-state index contributed by atoms with van der Waals surface area (Å²) in [7, 11) is 0. The van der Waals surface area contributed by atoms with Gasteiger partial charge in [-0.2, -0.15) is 0 Å². The summed E-state index contributed by atoms with van der Waals surface area (Å²) in [6, 6.07) is 7.32. The molecule has 1 aromatic carbocycles. The van der Waals surface area contributed by atoms with E-state index in [1.54, 1.807) is 6.07 Å². The number of Topliss-reactive ketones (excluding diaryl/α,β-unsaturated/α-hetero) is 1. The number of nitrogens with zero attached hydrogens (tertiary/aromatic N) is 1. The number of rotatable bonds is 5. The Morgan fingerprint density at radius 3 is 2.84 bits per heavy atom. The molecule has 0 atom stereocenters. The minimum atomic E-state index is 0.0727. The van der Waals surface area contributed by atoms with E-state index in [0.29, 0.717) is 12.0 Å². The van der Waals surface area contributed by atoms with Gasteiger partial charge in [0.25, 0.3) is 0 Å². The van der Waals surface area contributed by atoms with Crippen molar-refractivity contribution in [2.75, 3.05) is 0 Å². The third-order valence-corrected chi connectivity index (χ3v) is 3.47. The first-order chi connectivity index (χ1) is 9.04. The van der Waals surface area contributed by atoms with Gasteiger partial charge < -0.3 is 4.74 Å². The van der Waals surface area contributed by atoms with Gasteiger partial charge in [-0.1, -0.05) is 12.1 Å². The van der Waals surface area contributed by atoms with Crippen LogP contribution in [0.1, 0.15) is 34.9 Å². The van der Waals surface area contributed by atoms with Crippen molar-refractivity contribution in [1.82, 2.24) is 4.98 Å². The Bertz CT molecular complexity index is 575. The van der Waals surface area contributed by atoms with E-state index in [-0.39, 0.29) is 11.9 Å². The molecule has 3 nitrogen and oxygen atoms in total. The zero-order valence-electron chi connectivity index (χ0n) is 11.3. The zero-order valence-corrected chi connectivity index (χ0v) is 12.2. The average molecular weight is 275 g/mol. The fraction of sp³-hybridized carbons (Fsp3) is 0.333. The van der Waals surface area contributed by atoms with Crippen LogP contribution in [0.3, 0.4) is 0 Å². The van der Waals surface area contributed by atoms with Gasteiger partial charge in [-0.15, -0.1) is 11.3 Å². The van der Waals surface area contributed by atoms with Crippen LogP contribution in [0.4, 0.5) is 0 Å². The van der Waals surface area contributed by atoms with Crippen molar-refractivity contribution in [2.24, 2.45) is 0 Å². The van der Waals surface area contributed by atoms with Gasteiger partial charge in [0.15, 0.2) is 5.78 Å². The van der Waals surface area contributed by atoms with Crippen LogP contribution in [-0.2, 0) is 6.42 Å². The molecule has 1 aromatic heterocycles. The molecule has 0 radical (unpaired) electrons. The quantitative estimate of drug-likeness (QED) is 0.782. The van der Waals surface area contributed by atoms with Crippen LogP contribution in [0.5, 0.6) is 5.75 Å². The second-order valence-corrected chi connectivity index (χ2v) is 5.62. The molecule has 2 aromatic rings. The molecule has 0 saturated heterocycles. The molecular weight excluding hydrogens is 258 g/mol. The van der Waals surface area contributed by atoms with Crippen LogP contribution in [0.15, 0.2) is 29.6 Å². The predicted molar refractivity (Wildman–Crippen MR) is 77.1 cm³/mol. The lowest BCUT2D eigenvalue weighted by Crippen LogP contribution is -2.07. The summed E-state index contributed by atoms with van der Waals surface area (Å²) < 4.78 is 5.59. The number of carbonyl (C=O) groups excluding carboxylic acids is 1. The van der Waals surface area contributed by atoms with Crippen molar-refractivity contribution in [2.45, 2.75) is 33.3 Å². The molecule has 0 aliphatic carbocycles. The molecule has 0 N–H and O–H groups in total. The van der Waals surface area contributed by atoms with Crippen LogP contribution in [-0.4, -0.2) is 16.9 Å². The maximum Gasteiger partial charge on any atom is 0.169 e. The number of ether oxygens (including phenoxy) is 1. The Morgan fingerprint density at radius 1 is 1.42 bits per heavy atom. The van der Waals surface area contributed by atoms with E-state index in [0.717, 1.165) is 16.5 Å². The van der Waals surface area contributed by atoms with Gasteiger partial charge in [-0.25, -0.2) is 4.98 Å². The molecule has 0 amide bonds. The van der Waals surface area contributed by atoms with E-state index < -0.39 is 0 Å². The monoisotopic (exact) mass is 275 g/mol. The highest BCUT2D eigenvalue weighted by Crippen LogP contribution is 2.18. The second kappa shape index (κ2) is 5.97. The minimum absolute atomic E-state index is 0.0727. The second-order valence-electron chi connectivity index (χ2n) is 4.68. The molecule has 19 heavy (non-hydrogen) atoms. The van der Waals surface area contributed by atoms with Gasteiger partial charge in [0.2, 0.25) is 0 Å². The molecule has 100 valence electrons. The Morgan fingerprint density at radius 2 is 2.21 bits per heavy atom. The van der Waals surface area contributed by atoms with E-state index in [1.807, 2.05) is 44.4 Å². The Labute approximate surface area is 117 Å². The van der Waals surface area contributed by atoms with Crippen LogP contribution < -0.4 is 4.74 Å². The first-order valence-corrected chi connectivity index (χ1v) is 7.13. The predicted octanol–water partition coefficient (Wildman–Crippen LogP) is 3.66. The zero-order chi connectivity index (χ0) is 13.8. The van der Waals surface area contributed by atoms with Crippen molar-refractivity contribution in [3.8, 4) is 5.75 Å². The number of hydrogen-bond acceptors (Lipinski definition) is 4. The highest BCUT2D eigenvalue weighted by atomic mass is 32.1. The fourth-order valence-corrected chi connectivity index (χ4v) is 2.51. The molecule has 0 unspecified atom stereocenters. The van der Waals surface area contributed by atoms with E-state index >= 15 is 0 Å². The molecule has 0 saturated carbocycles. The van der Waals surface area contributed by atoms with Gasteiger partial charge in [-0.3, -0.25) is 4.79 Å². The molecule has 0 spiro atoms. The largest absolute Gasteiger partial charge is 0.491 e. The number of carbonyl (C=O) groups is 1. The lowest BCUT2D eigenvalue weighted by Gasteiger charge is -2.10. The summed E-state index contributed by atoms with van der Waals surface area (Å²) in [5, 5.41) is 2.82. The molecule has 0 bridgehead atoms. The standard InChI is InChI=1S/C15H17NO2S/c1-10(2)18-13-6-4-5-12(7-13)14(17)8-15-16-11(3)9-19-15/h4-7,9-10H,8H2,1-3H3. The molecular formula is C15H17NO2S. The number of ketones is 1. The summed E-state index contributed by atoms with van der Waals surface area (Å²) in [6.45, 7) is 5.86. The minimum Gasteiger partial charge on any atom is -0.491 e. The molecule has 0 aliphatic heterocycles. The number of aryl methyl sites for hydroxylation is 1. The van der Waals surface area contributed by atoms with E-state index in [4.69, 9.17) is 4.74 Å². The summed E-state index contributed by atoms with van der Waals surface area (Å²) in [6.07, 6.45) is 0.455. The van der Waals surface area contributed by atoms with Crippen LogP contribution >= 0.6 is 11.3 Å². The highest BCUT2D eigenvalue weighted by Gasteiger charge is 2.10. The Kier molecular flexibility index (Phi) is 4.32. The smallest absolute Gasteiger partial charge is 0.169 e. The van der Waals surface area contributed by atoms with Crippen molar-refractivity contribution in [1.29, 1.82) is 0 Å². The third kappa shape index (κ3) is 3.89. The average Bonchev–Trinajstić information content (AvgIpc) is 2.74. The van der Waals surface area contributed by atoms with Crippen molar-refractivity contribution in [3.63, 3.8) is 0 Å². The molecule has 4 heteroatoms. The van der Waals surface area contributed by atoms with Gasteiger partial charge in [0, 0.05) is 16.6 Å². The lowest BCUT2D eigenvalue weighted by atomic mass is 10.1. The summed E-state index contributed by atoms with van der Waals surface area (Å²) >= 11 is 1.52. The maximum absolute atomic E-state index is 12.2. The number of hydrogen-bond donors (Lipinski definition) is 0. The summed E-state index contributed by atoms with van der Waals surface area (Å²) in [4.78, 5) is 16.5. The van der Waals surface area contributed by atoms with Crippen molar-refractivity contribution >= 4 is 17.1 Å². The lowest BCUT2D eigenvalue weighted by molar-refractivity contribution is 0.0992. The maximum atomic E-state index is 12.2. The van der Waals surface area contributed by atoms with E-state index in [1.165, 1.54) is 11.3 Å². The van der Waals surface area contributed by atoms with Gasteiger partial charge in [0.05, 0.1) is 12.5 Å². The first kappa shape index (κ1) is 13.7. The first-order valence-electron chi connectivity index (χ1n) is 6.25. The molecule has 2 rings (SSSR count). The summed E-state index contributed by atoms with van der Waals surface area (Å²) in [5.41, 5.74) is 1.63. The Balaban J connectivity index is 2.10. The van der Waals surface area contributed by atoms with Gasteiger partial charge in [-0.05, 0) is 32.9 Å². The van der Waals surface area contributed by atoms with Crippen molar-refractivity contribution in [3.05, 3.63) is 45.9 Å². The van der Waals surface area contributed by atoms with Gasteiger partial charge in [0.1, 0.15) is 10.8 Å². The number of thiazole rings is 1. The van der Waals surface area contributed by atoms with Gasteiger partial charge >= 0.3 is 0 Å². The fourth-order valence-electron chi connectivity index (χ4n) is 1.74. The van der Waals surface area contributed by atoms with E-state index in [9.17, 15) is 4.79 Å². The molecule has 0 fully saturated rings. The van der Waals surface area contributed by atoms with E-state index in [2.05, 4.69) is 4.98 Å². The van der Waals surface area contributed by atoms with Crippen LogP contribution in [0.2, 0.25) is 0 Å². The normalized spacial score (nSPS) is 10.7. The Hall–Kier alpha value is -1.68. The highest BCUT2D eigenvalue weighted by molar-refractivity contribution is 7.09. The third-order valence-electron chi connectivity index (χ3n) is 2.51. The van der Waals surface area contributed by atoms with Crippen molar-refractivity contribution < 1.29 is 9.53 Å². The number of benzene rings is 1. The summed E-state index contributed by atoms with van der Waals surface area (Å²) in [5.74, 6) is 0.805. The molecule has 1 heterocycles. The SMILES string of the molecule is Cc1csc(CC(=O)c2cccc(OC(C)C)c2)n1. The van der Waals surface area contributed by atoms with Crippen LogP contribution in [0.25, 0.3) is 0 Å². The topological polar surface area (TPSA) is 39.2 Å². The number of aromatic nitrogens is 1.